The Morgan fingerprint density at radius 3 is 2.77 bits per heavy atom. The van der Waals surface area contributed by atoms with E-state index in [4.69, 9.17) is 4.74 Å². The van der Waals surface area contributed by atoms with Crippen LogP contribution in [0.25, 0.3) is 0 Å². The van der Waals surface area contributed by atoms with Gasteiger partial charge in [-0.3, -0.25) is 19.7 Å². The van der Waals surface area contributed by atoms with Crippen LogP contribution in [0.4, 0.5) is 16.5 Å². The Labute approximate surface area is 176 Å². The molecule has 2 aromatic rings. The molecule has 1 N–H and O–H groups in total. The van der Waals surface area contributed by atoms with Crippen LogP contribution in [0, 0.1) is 17.0 Å². The van der Waals surface area contributed by atoms with Crippen molar-refractivity contribution in [2.75, 3.05) is 16.8 Å². The third-order valence-electron chi connectivity index (χ3n) is 4.35. The summed E-state index contributed by atoms with van der Waals surface area (Å²) in [6.45, 7) is 4.84. The van der Waals surface area contributed by atoms with E-state index in [0.717, 1.165) is 11.3 Å². The van der Waals surface area contributed by atoms with E-state index in [1.807, 2.05) is 0 Å². The quantitative estimate of drug-likeness (QED) is 0.422. The lowest BCUT2D eigenvalue weighted by atomic mass is 10.0. The number of aryl methyl sites for hydroxylation is 2. The summed E-state index contributed by atoms with van der Waals surface area (Å²) in [5.41, 5.74) is 1.49. The maximum absolute atomic E-state index is 12.5. The van der Waals surface area contributed by atoms with E-state index in [9.17, 15) is 24.5 Å². The number of non-ortho nitro benzene ring substituents is 1. The molecule has 10 nitrogen and oxygen atoms in total. The predicted molar refractivity (Wildman–Crippen MR) is 110 cm³/mol. The van der Waals surface area contributed by atoms with Crippen LogP contribution in [0.3, 0.4) is 0 Å². The lowest BCUT2D eigenvalue weighted by Crippen LogP contribution is -2.40. The van der Waals surface area contributed by atoms with Gasteiger partial charge in [-0.05, 0) is 38.8 Å². The number of nitrogens with one attached hydrogen (secondary N) is 1. The van der Waals surface area contributed by atoms with Gasteiger partial charge >= 0.3 is 5.97 Å². The molecule has 2 heterocycles. The maximum atomic E-state index is 12.5. The second-order valence-corrected chi connectivity index (χ2v) is 7.98. The van der Waals surface area contributed by atoms with Crippen LogP contribution in [-0.2, 0) is 20.7 Å². The first-order valence-corrected chi connectivity index (χ1v) is 10.0. The van der Waals surface area contributed by atoms with Gasteiger partial charge in [-0.2, -0.15) is 0 Å². The molecule has 0 saturated heterocycles. The molecule has 0 saturated carbocycles. The molecule has 1 aromatic carbocycles. The van der Waals surface area contributed by atoms with Gasteiger partial charge in [0.1, 0.15) is 11.4 Å². The average molecular weight is 432 g/mol. The largest absolute Gasteiger partial charge is 0.459 e. The average Bonchev–Trinajstić information content (AvgIpc) is 3.03. The number of rotatable bonds is 6. The molecule has 11 heteroatoms. The number of carbonyl (C=O) groups excluding carboxylic acids is 3. The monoisotopic (exact) mass is 432 g/mol. The first-order chi connectivity index (χ1) is 14.2. The highest BCUT2D eigenvalue weighted by atomic mass is 32.1. The smallest absolute Gasteiger partial charge is 0.350 e. The highest BCUT2D eigenvalue weighted by Gasteiger charge is 2.28. The topological polar surface area (TPSA) is 132 Å². The summed E-state index contributed by atoms with van der Waals surface area (Å²) in [6.07, 6.45) is 0.252. The number of hydrogen-bond acceptors (Lipinski definition) is 8. The number of fused-ring (bicyclic) bond motifs is 1. The number of nitrogens with zero attached hydrogens (tertiary/aromatic N) is 3. The number of nitro benzene ring substituents is 1. The number of esters is 1. The molecule has 2 amide bonds. The van der Waals surface area contributed by atoms with E-state index in [0.29, 0.717) is 28.2 Å². The third-order valence-corrected chi connectivity index (χ3v) is 5.40. The standard InChI is InChI=1S/C19H20N4O6S/c1-10(2)29-18(26)17-11(3)20-19(30-17)21-15(24)9-22-14-6-5-13(23(27)28)8-12(14)4-7-16(22)25/h5-6,8,10H,4,7,9H2,1-3H3,(H,20,21,24). The number of thiazole rings is 1. The molecule has 0 aliphatic carbocycles. The molecule has 0 atom stereocenters. The minimum absolute atomic E-state index is 0.0634. The van der Waals surface area contributed by atoms with E-state index in [1.54, 1.807) is 20.8 Å². The molecule has 0 spiro atoms. The molecule has 0 fully saturated rings. The number of benzene rings is 1. The zero-order chi connectivity index (χ0) is 22.0. The minimum Gasteiger partial charge on any atom is -0.459 e. The minimum atomic E-state index is -0.512. The Bertz CT molecular complexity index is 1030. The summed E-state index contributed by atoms with van der Waals surface area (Å²) in [7, 11) is 0. The zero-order valence-electron chi connectivity index (χ0n) is 16.6. The lowest BCUT2D eigenvalue weighted by molar-refractivity contribution is -0.384. The Morgan fingerprint density at radius 2 is 2.10 bits per heavy atom. The summed E-state index contributed by atoms with van der Waals surface area (Å²) in [6, 6.07) is 4.20. The van der Waals surface area contributed by atoms with Crippen molar-refractivity contribution in [2.24, 2.45) is 0 Å². The molecule has 0 unspecified atom stereocenters. The van der Waals surface area contributed by atoms with Gasteiger partial charge in [0.25, 0.3) is 5.69 Å². The van der Waals surface area contributed by atoms with Crippen molar-refractivity contribution < 1.29 is 24.0 Å². The van der Waals surface area contributed by atoms with E-state index in [-0.39, 0.29) is 35.8 Å². The molecule has 158 valence electrons. The number of aromatic nitrogens is 1. The third kappa shape index (κ3) is 4.62. The van der Waals surface area contributed by atoms with Crippen molar-refractivity contribution in [1.82, 2.24) is 4.98 Å². The summed E-state index contributed by atoms with van der Waals surface area (Å²) in [5.74, 6) is -1.25. The van der Waals surface area contributed by atoms with Gasteiger partial charge in [0.15, 0.2) is 5.13 Å². The van der Waals surface area contributed by atoms with Crippen molar-refractivity contribution in [3.05, 3.63) is 44.4 Å². The van der Waals surface area contributed by atoms with Gasteiger partial charge in [-0.25, -0.2) is 9.78 Å². The highest BCUT2D eigenvalue weighted by Crippen LogP contribution is 2.31. The number of ether oxygens (including phenoxy) is 1. The summed E-state index contributed by atoms with van der Waals surface area (Å²) < 4.78 is 5.15. The molecule has 1 aromatic heterocycles. The van der Waals surface area contributed by atoms with E-state index in [1.165, 1.54) is 23.1 Å². The van der Waals surface area contributed by atoms with Crippen LogP contribution < -0.4 is 10.2 Å². The number of carbonyl (C=O) groups is 3. The molecule has 0 radical (unpaired) electrons. The van der Waals surface area contributed by atoms with Gasteiger partial charge in [0.05, 0.1) is 16.7 Å². The number of hydrogen-bond donors (Lipinski definition) is 1. The second-order valence-electron chi connectivity index (χ2n) is 6.99. The Kier molecular flexibility index (Phi) is 6.11. The van der Waals surface area contributed by atoms with Crippen molar-refractivity contribution in [1.29, 1.82) is 0 Å². The number of anilines is 2. The summed E-state index contributed by atoms with van der Waals surface area (Å²) >= 11 is 0.996. The van der Waals surface area contributed by atoms with Gasteiger partial charge in [0, 0.05) is 24.2 Å². The molecule has 1 aliphatic heterocycles. The Morgan fingerprint density at radius 1 is 1.37 bits per heavy atom. The molecule has 1 aliphatic rings. The highest BCUT2D eigenvalue weighted by molar-refractivity contribution is 7.17. The van der Waals surface area contributed by atoms with Crippen molar-refractivity contribution in [3.8, 4) is 0 Å². The fourth-order valence-electron chi connectivity index (χ4n) is 3.04. The van der Waals surface area contributed by atoms with E-state index in [2.05, 4.69) is 10.3 Å². The molecule has 3 rings (SSSR count). The SMILES string of the molecule is Cc1nc(NC(=O)CN2C(=O)CCc3cc([N+](=O)[O-])ccc32)sc1C(=O)OC(C)C. The second kappa shape index (κ2) is 8.57. The van der Waals surface area contributed by atoms with Crippen LogP contribution >= 0.6 is 11.3 Å². The fourth-order valence-corrected chi connectivity index (χ4v) is 3.91. The molecular formula is C19H20N4O6S. The van der Waals surface area contributed by atoms with E-state index >= 15 is 0 Å². The van der Waals surface area contributed by atoms with Gasteiger partial charge in [-0.15, -0.1) is 0 Å². The lowest BCUT2D eigenvalue weighted by Gasteiger charge is -2.28. The molecule has 30 heavy (non-hydrogen) atoms. The van der Waals surface area contributed by atoms with Crippen LogP contribution in [0.1, 0.15) is 41.2 Å². The van der Waals surface area contributed by atoms with Crippen molar-refractivity contribution in [3.63, 3.8) is 0 Å². The van der Waals surface area contributed by atoms with Gasteiger partial charge in [-0.1, -0.05) is 11.3 Å². The van der Waals surface area contributed by atoms with Gasteiger partial charge < -0.3 is 15.0 Å². The Hall–Kier alpha value is -3.34. The first-order valence-electron chi connectivity index (χ1n) is 9.21. The number of amides is 2. The van der Waals surface area contributed by atoms with E-state index < -0.39 is 16.8 Å². The summed E-state index contributed by atoms with van der Waals surface area (Å²) in [4.78, 5) is 53.2. The molecule has 0 bridgehead atoms. The Balaban J connectivity index is 1.73. The zero-order valence-corrected chi connectivity index (χ0v) is 17.4. The van der Waals surface area contributed by atoms with Crippen LogP contribution in [0.5, 0.6) is 0 Å². The maximum Gasteiger partial charge on any atom is 0.350 e. The van der Waals surface area contributed by atoms with Crippen molar-refractivity contribution >= 4 is 45.6 Å². The summed E-state index contributed by atoms with van der Waals surface area (Å²) in [5, 5.41) is 13.8. The first kappa shape index (κ1) is 21.4. The van der Waals surface area contributed by atoms with Crippen molar-refractivity contribution in [2.45, 2.75) is 39.7 Å². The van der Waals surface area contributed by atoms with Crippen LogP contribution in [-0.4, -0.2) is 40.3 Å². The van der Waals surface area contributed by atoms with Crippen LogP contribution in [0.15, 0.2) is 18.2 Å². The van der Waals surface area contributed by atoms with Crippen LogP contribution in [0.2, 0.25) is 0 Å². The fraction of sp³-hybridized carbons (Fsp3) is 0.368. The van der Waals surface area contributed by atoms with Gasteiger partial charge in [0.2, 0.25) is 11.8 Å². The normalized spacial score (nSPS) is 13.2. The molecular weight excluding hydrogens is 412 g/mol. The number of nitro groups is 1. The predicted octanol–water partition coefficient (Wildman–Crippen LogP) is 2.84.